The SMILES string of the molecule is O=C(O)C1=CCC2=C(C1)[C@@H]1C[C@H]2[C@@H](O)C1. The Labute approximate surface area is 88.1 Å². The van der Waals surface area contributed by atoms with E-state index in [2.05, 4.69) is 0 Å². The van der Waals surface area contributed by atoms with E-state index in [-0.39, 0.29) is 6.10 Å². The van der Waals surface area contributed by atoms with Crippen molar-refractivity contribution in [2.75, 3.05) is 0 Å². The first kappa shape index (κ1) is 9.16. The lowest BCUT2D eigenvalue weighted by Crippen LogP contribution is -2.21. The summed E-state index contributed by atoms with van der Waals surface area (Å²) < 4.78 is 0. The number of aliphatic hydroxyl groups excluding tert-OH is 1. The molecule has 0 aromatic rings. The van der Waals surface area contributed by atoms with Crippen molar-refractivity contribution in [2.24, 2.45) is 11.8 Å². The van der Waals surface area contributed by atoms with E-state index in [0.717, 1.165) is 19.3 Å². The summed E-state index contributed by atoms with van der Waals surface area (Å²) in [6.45, 7) is 0. The van der Waals surface area contributed by atoms with Crippen molar-refractivity contribution in [3.63, 3.8) is 0 Å². The Balaban J connectivity index is 1.89. The van der Waals surface area contributed by atoms with Crippen LogP contribution in [0.15, 0.2) is 22.8 Å². The largest absolute Gasteiger partial charge is 0.478 e. The Kier molecular flexibility index (Phi) is 1.80. The molecule has 80 valence electrons. The maximum atomic E-state index is 10.9. The second kappa shape index (κ2) is 2.95. The van der Waals surface area contributed by atoms with Crippen LogP contribution in [0.5, 0.6) is 0 Å². The number of aliphatic hydroxyl groups is 1. The summed E-state index contributed by atoms with van der Waals surface area (Å²) in [6, 6.07) is 0. The fraction of sp³-hybridized carbons (Fsp3) is 0.583. The van der Waals surface area contributed by atoms with Gasteiger partial charge in [-0.05, 0) is 25.2 Å². The lowest BCUT2D eigenvalue weighted by Gasteiger charge is -2.26. The molecule has 0 aromatic carbocycles. The average molecular weight is 206 g/mol. The molecule has 0 spiro atoms. The van der Waals surface area contributed by atoms with Gasteiger partial charge in [0, 0.05) is 17.9 Å². The molecule has 0 unspecified atom stereocenters. The summed E-state index contributed by atoms with van der Waals surface area (Å²) in [7, 11) is 0. The molecule has 1 saturated carbocycles. The number of hydrogen-bond acceptors (Lipinski definition) is 2. The number of hydrogen-bond donors (Lipinski definition) is 2. The van der Waals surface area contributed by atoms with Gasteiger partial charge in [0.25, 0.3) is 0 Å². The first-order valence-corrected chi connectivity index (χ1v) is 5.49. The first-order valence-electron chi connectivity index (χ1n) is 5.49. The number of fused-ring (bicyclic) bond motifs is 4. The highest BCUT2D eigenvalue weighted by atomic mass is 16.4. The molecule has 0 heterocycles. The summed E-state index contributed by atoms with van der Waals surface area (Å²) in [5.74, 6) is 0.00418. The standard InChI is InChI=1S/C12H14O3/c13-11-5-7-4-10(11)8-2-1-6(12(14)15)3-9(7)8/h1,7,10-11,13H,2-5H2,(H,14,15)/t7-,10-,11+/m1/s1. The normalized spacial score (nSPS) is 37.9. The van der Waals surface area contributed by atoms with Gasteiger partial charge in [-0.1, -0.05) is 17.2 Å². The number of allylic oxidation sites excluding steroid dienone is 2. The molecule has 1 fully saturated rings. The van der Waals surface area contributed by atoms with Gasteiger partial charge >= 0.3 is 5.97 Å². The highest BCUT2D eigenvalue weighted by Crippen LogP contribution is 2.53. The van der Waals surface area contributed by atoms with Gasteiger partial charge in [0.15, 0.2) is 0 Å². The number of carboxylic acid groups (broad SMARTS) is 1. The topological polar surface area (TPSA) is 57.5 Å². The van der Waals surface area contributed by atoms with Gasteiger partial charge in [-0.3, -0.25) is 0 Å². The minimum atomic E-state index is -0.787. The quantitative estimate of drug-likeness (QED) is 0.639. The van der Waals surface area contributed by atoms with Crippen LogP contribution in [0, 0.1) is 11.8 Å². The van der Waals surface area contributed by atoms with Crippen molar-refractivity contribution in [1.82, 2.24) is 0 Å². The zero-order valence-electron chi connectivity index (χ0n) is 8.44. The lowest BCUT2D eigenvalue weighted by molar-refractivity contribution is -0.132. The summed E-state index contributed by atoms with van der Waals surface area (Å²) in [5.41, 5.74) is 3.20. The van der Waals surface area contributed by atoms with Gasteiger partial charge in [0.1, 0.15) is 0 Å². The van der Waals surface area contributed by atoms with Crippen LogP contribution >= 0.6 is 0 Å². The van der Waals surface area contributed by atoms with E-state index in [0.29, 0.717) is 23.8 Å². The van der Waals surface area contributed by atoms with Crippen LogP contribution in [0.2, 0.25) is 0 Å². The van der Waals surface area contributed by atoms with Gasteiger partial charge in [-0.15, -0.1) is 0 Å². The number of carbonyl (C=O) groups is 1. The minimum Gasteiger partial charge on any atom is -0.478 e. The monoisotopic (exact) mass is 206 g/mol. The highest BCUT2D eigenvalue weighted by molar-refractivity contribution is 5.87. The van der Waals surface area contributed by atoms with Gasteiger partial charge in [-0.25, -0.2) is 4.79 Å². The lowest BCUT2D eigenvalue weighted by atomic mass is 9.81. The maximum Gasteiger partial charge on any atom is 0.331 e. The Bertz CT molecular complexity index is 392. The van der Waals surface area contributed by atoms with Gasteiger partial charge in [0.05, 0.1) is 6.10 Å². The van der Waals surface area contributed by atoms with Crippen LogP contribution < -0.4 is 0 Å². The molecule has 3 rings (SSSR count). The van der Waals surface area contributed by atoms with E-state index in [1.807, 2.05) is 6.08 Å². The van der Waals surface area contributed by atoms with Crippen LogP contribution in [0.3, 0.4) is 0 Å². The molecule has 0 amide bonds. The van der Waals surface area contributed by atoms with Crippen molar-refractivity contribution >= 4 is 5.97 Å². The fourth-order valence-electron chi connectivity index (χ4n) is 3.39. The third kappa shape index (κ3) is 1.19. The van der Waals surface area contributed by atoms with Crippen LogP contribution in [-0.2, 0) is 4.79 Å². The minimum absolute atomic E-state index is 0.173. The van der Waals surface area contributed by atoms with Crippen molar-refractivity contribution < 1.29 is 15.0 Å². The average Bonchev–Trinajstić information content (AvgIpc) is 2.74. The van der Waals surface area contributed by atoms with Crippen molar-refractivity contribution in [3.05, 3.63) is 22.8 Å². The molecule has 0 saturated heterocycles. The highest BCUT2D eigenvalue weighted by Gasteiger charge is 2.45. The molecular formula is C12H14O3. The molecule has 3 nitrogen and oxygen atoms in total. The summed E-state index contributed by atoms with van der Waals surface area (Å²) in [6.07, 6.45) is 4.89. The van der Waals surface area contributed by atoms with Crippen molar-refractivity contribution in [3.8, 4) is 0 Å². The molecule has 0 aliphatic heterocycles. The Hall–Kier alpha value is -1.09. The molecule has 15 heavy (non-hydrogen) atoms. The second-order valence-electron chi connectivity index (χ2n) is 4.81. The summed E-state index contributed by atoms with van der Waals surface area (Å²) >= 11 is 0. The maximum absolute atomic E-state index is 10.9. The third-order valence-corrected chi connectivity index (χ3v) is 4.11. The van der Waals surface area contributed by atoms with Crippen LogP contribution in [0.4, 0.5) is 0 Å². The zero-order chi connectivity index (χ0) is 10.6. The van der Waals surface area contributed by atoms with E-state index in [9.17, 15) is 9.90 Å². The molecule has 3 aliphatic carbocycles. The molecular weight excluding hydrogens is 192 g/mol. The van der Waals surface area contributed by atoms with E-state index < -0.39 is 5.97 Å². The van der Waals surface area contributed by atoms with E-state index in [4.69, 9.17) is 5.11 Å². The zero-order valence-corrected chi connectivity index (χ0v) is 8.44. The van der Waals surface area contributed by atoms with E-state index in [1.54, 1.807) is 0 Å². The smallest absolute Gasteiger partial charge is 0.331 e. The number of rotatable bonds is 1. The summed E-state index contributed by atoms with van der Waals surface area (Å²) in [5, 5.41) is 18.7. The first-order chi connectivity index (χ1) is 7.16. The Morgan fingerprint density at radius 3 is 2.87 bits per heavy atom. The molecule has 3 atom stereocenters. The molecule has 3 aliphatic rings. The van der Waals surface area contributed by atoms with E-state index in [1.165, 1.54) is 11.1 Å². The fourth-order valence-corrected chi connectivity index (χ4v) is 3.39. The molecule has 2 N–H and O–H groups in total. The Morgan fingerprint density at radius 2 is 2.13 bits per heavy atom. The summed E-state index contributed by atoms with van der Waals surface area (Å²) in [4.78, 5) is 10.9. The second-order valence-corrected chi connectivity index (χ2v) is 4.81. The van der Waals surface area contributed by atoms with Gasteiger partial charge in [0.2, 0.25) is 0 Å². The third-order valence-electron chi connectivity index (χ3n) is 4.11. The van der Waals surface area contributed by atoms with Gasteiger partial charge in [-0.2, -0.15) is 0 Å². The molecule has 3 heteroatoms. The molecule has 0 radical (unpaired) electrons. The Morgan fingerprint density at radius 1 is 1.33 bits per heavy atom. The predicted molar refractivity (Wildman–Crippen MR) is 54.2 cm³/mol. The van der Waals surface area contributed by atoms with Crippen LogP contribution in [-0.4, -0.2) is 22.3 Å². The van der Waals surface area contributed by atoms with Gasteiger partial charge < -0.3 is 10.2 Å². The predicted octanol–water partition coefficient (Wildman–Crippen LogP) is 1.49. The molecule has 0 aromatic heterocycles. The molecule has 2 bridgehead atoms. The number of aliphatic carboxylic acids is 1. The van der Waals surface area contributed by atoms with E-state index >= 15 is 0 Å². The number of carboxylic acids is 1. The van der Waals surface area contributed by atoms with Crippen molar-refractivity contribution in [1.29, 1.82) is 0 Å². The van der Waals surface area contributed by atoms with Crippen LogP contribution in [0.25, 0.3) is 0 Å². The van der Waals surface area contributed by atoms with Crippen molar-refractivity contribution in [2.45, 2.75) is 31.8 Å². The van der Waals surface area contributed by atoms with Crippen LogP contribution in [0.1, 0.15) is 25.7 Å².